The van der Waals surface area contributed by atoms with Crippen molar-refractivity contribution in [1.29, 1.82) is 0 Å². The molecule has 4 aromatic rings. The summed E-state index contributed by atoms with van der Waals surface area (Å²) in [5, 5.41) is 7.42. The molecule has 0 aliphatic rings. The monoisotopic (exact) mass is 479 g/mol. The molecule has 6 nitrogen and oxygen atoms in total. The Hall–Kier alpha value is -3.69. The van der Waals surface area contributed by atoms with Gasteiger partial charge < -0.3 is 5.32 Å². The largest absolute Gasteiger partial charge is 0.325 e. The number of nitrogens with zero attached hydrogens (tertiary/aromatic N) is 4. The second kappa shape index (κ2) is 10.5. The zero-order valence-electron chi connectivity index (χ0n) is 18.5. The van der Waals surface area contributed by atoms with E-state index in [1.807, 2.05) is 34.9 Å². The molecule has 0 unspecified atom stereocenters. The number of anilines is 1. The second-order valence-corrected chi connectivity index (χ2v) is 8.26. The lowest BCUT2D eigenvalue weighted by atomic mass is 10.2. The third-order valence-corrected chi connectivity index (χ3v) is 5.56. The summed E-state index contributed by atoms with van der Waals surface area (Å²) in [7, 11) is 1.78. The first-order chi connectivity index (χ1) is 16.4. The quantitative estimate of drug-likeness (QED) is 0.364. The minimum absolute atomic E-state index is 0.0799. The van der Waals surface area contributed by atoms with Gasteiger partial charge in [0.1, 0.15) is 11.6 Å². The molecule has 0 aliphatic carbocycles. The Balaban J connectivity index is 1.54. The Morgan fingerprint density at radius 3 is 2.24 bits per heavy atom. The molecular formula is C25H23F2N5OS. The number of nitrogens with one attached hydrogen (secondary N) is 1. The molecule has 174 valence electrons. The van der Waals surface area contributed by atoms with Gasteiger partial charge >= 0.3 is 0 Å². The number of hydrogen-bond donors (Lipinski definition) is 1. The van der Waals surface area contributed by atoms with Crippen LogP contribution in [0.5, 0.6) is 0 Å². The first kappa shape index (κ1) is 23.5. The number of carbonyl (C=O) groups excluding carboxylic acids is 1. The second-order valence-electron chi connectivity index (χ2n) is 7.90. The number of aromatic nitrogens is 3. The topological polar surface area (TPSA) is 55.1 Å². The van der Waals surface area contributed by atoms with Crippen LogP contribution in [0.2, 0.25) is 0 Å². The van der Waals surface area contributed by atoms with E-state index in [9.17, 15) is 13.6 Å². The molecule has 3 aromatic carbocycles. The van der Waals surface area contributed by atoms with Crippen LogP contribution < -0.4 is 5.32 Å². The van der Waals surface area contributed by atoms with Crippen molar-refractivity contribution in [2.75, 3.05) is 18.9 Å². The van der Waals surface area contributed by atoms with Crippen molar-refractivity contribution in [3.8, 4) is 11.4 Å². The van der Waals surface area contributed by atoms with Gasteiger partial charge in [0.25, 0.3) is 0 Å². The van der Waals surface area contributed by atoms with Gasteiger partial charge in [0.05, 0.1) is 19.8 Å². The van der Waals surface area contributed by atoms with Gasteiger partial charge in [-0.2, -0.15) is 5.10 Å². The van der Waals surface area contributed by atoms with E-state index in [1.165, 1.54) is 36.4 Å². The molecule has 4 rings (SSSR count). The first-order valence-corrected chi connectivity index (χ1v) is 11.0. The van der Waals surface area contributed by atoms with Crippen molar-refractivity contribution in [2.24, 2.45) is 0 Å². The lowest BCUT2D eigenvalue weighted by molar-refractivity contribution is -0.117. The molecule has 0 aliphatic heterocycles. The summed E-state index contributed by atoms with van der Waals surface area (Å²) in [5.41, 5.74) is 2.30. The minimum Gasteiger partial charge on any atom is -0.325 e. The maximum atomic E-state index is 13.5. The average molecular weight is 480 g/mol. The lowest BCUT2D eigenvalue weighted by Crippen LogP contribution is -2.32. The zero-order chi connectivity index (χ0) is 24.1. The summed E-state index contributed by atoms with van der Waals surface area (Å²) < 4.78 is 30.6. The summed E-state index contributed by atoms with van der Waals surface area (Å²) in [6, 6.07) is 21.5. The van der Waals surface area contributed by atoms with Gasteiger partial charge in [-0.1, -0.05) is 30.3 Å². The predicted molar refractivity (Wildman–Crippen MR) is 130 cm³/mol. The highest BCUT2D eigenvalue weighted by molar-refractivity contribution is 7.71. The SMILES string of the molecule is CN(CC(=O)Nc1ccc(F)cc1)Cn1nc(-c2ccc(F)cc2)n(Cc2ccccc2)c1=S. The number of hydrogen-bond acceptors (Lipinski definition) is 4. The van der Waals surface area contributed by atoms with Gasteiger partial charge in [0, 0.05) is 11.3 Å². The number of carbonyl (C=O) groups is 1. The smallest absolute Gasteiger partial charge is 0.238 e. The highest BCUT2D eigenvalue weighted by Gasteiger charge is 2.16. The number of rotatable bonds is 8. The molecule has 0 bridgehead atoms. The van der Waals surface area contributed by atoms with Crippen molar-refractivity contribution >= 4 is 23.8 Å². The number of amides is 1. The van der Waals surface area contributed by atoms with Crippen LogP contribution in [0, 0.1) is 16.4 Å². The van der Waals surface area contributed by atoms with E-state index >= 15 is 0 Å². The Kier molecular flexibility index (Phi) is 7.24. The van der Waals surface area contributed by atoms with Gasteiger partial charge in [0.2, 0.25) is 5.91 Å². The van der Waals surface area contributed by atoms with Gasteiger partial charge in [0.15, 0.2) is 10.6 Å². The maximum absolute atomic E-state index is 13.5. The van der Waals surface area contributed by atoms with Crippen LogP contribution in [0.15, 0.2) is 78.9 Å². The minimum atomic E-state index is -0.368. The van der Waals surface area contributed by atoms with Gasteiger partial charge in [-0.25, -0.2) is 13.5 Å². The molecule has 1 heterocycles. The van der Waals surface area contributed by atoms with E-state index in [-0.39, 0.29) is 30.8 Å². The summed E-state index contributed by atoms with van der Waals surface area (Å²) >= 11 is 5.71. The van der Waals surface area contributed by atoms with Crippen molar-refractivity contribution < 1.29 is 13.6 Å². The first-order valence-electron chi connectivity index (χ1n) is 10.6. The fourth-order valence-electron chi connectivity index (χ4n) is 3.51. The van der Waals surface area contributed by atoms with E-state index in [1.54, 1.807) is 28.8 Å². The van der Waals surface area contributed by atoms with Gasteiger partial charge in [-0.05, 0) is 73.4 Å². The fourth-order valence-corrected chi connectivity index (χ4v) is 3.76. The highest BCUT2D eigenvalue weighted by atomic mass is 32.1. The molecule has 0 saturated carbocycles. The Labute approximate surface area is 201 Å². The van der Waals surface area contributed by atoms with Crippen LogP contribution in [0.3, 0.4) is 0 Å². The predicted octanol–water partition coefficient (Wildman–Crippen LogP) is 4.94. The van der Waals surface area contributed by atoms with E-state index in [4.69, 9.17) is 12.2 Å². The van der Waals surface area contributed by atoms with Crippen LogP contribution in [-0.4, -0.2) is 38.7 Å². The average Bonchev–Trinajstić information content (AvgIpc) is 3.11. The van der Waals surface area contributed by atoms with Crippen LogP contribution in [0.4, 0.5) is 14.5 Å². The molecule has 1 N–H and O–H groups in total. The van der Waals surface area contributed by atoms with Crippen LogP contribution in [0.1, 0.15) is 5.56 Å². The standard InChI is InChI=1S/C25H23F2N5OS/c1-30(16-23(33)28-22-13-11-21(27)12-14-22)17-32-25(34)31(15-18-5-3-2-4-6-18)24(29-32)19-7-9-20(26)10-8-19/h2-14H,15-17H2,1H3,(H,28,33). The van der Waals surface area contributed by atoms with Gasteiger partial charge in [-0.15, -0.1) is 0 Å². The van der Waals surface area contributed by atoms with Crippen LogP contribution >= 0.6 is 12.2 Å². The lowest BCUT2D eigenvalue weighted by Gasteiger charge is -2.16. The molecule has 1 amide bonds. The molecule has 0 atom stereocenters. The summed E-state index contributed by atoms with van der Waals surface area (Å²) in [6.45, 7) is 0.851. The van der Waals surface area contributed by atoms with E-state index in [0.29, 0.717) is 22.8 Å². The van der Waals surface area contributed by atoms with Crippen LogP contribution in [-0.2, 0) is 18.0 Å². The Morgan fingerprint density at radius 1 is 0.971 bits per heavy atom. The van der Waals surface area contributed by atoms with E-state index < -0.39 is 0 Å². The molecular weight excluding hydrogens is 456 g/mol. The third kappa shape index (κ3) is 5.81. The number of halogens is 2. The van der Waals surface area contributed by atoms with Gasteiger partial charge in [-0.3, -0.25) is 14.3 Å². The van der Waals surface area contributed by atoms with E-state index in [0.717, 1.165) is 11.1 Å². The summed E-state index contributed by atoms with van der Waals surface area (Å²) in [6.07, 6.45) is 0. The molecule has 0 radical (unpaired) electrons. The van der Waals surface area contributed by atoms with Crippen molar-refractivity contribution in [1.82, 2.24) is 19.2 Å². The maximum Gasteiger partial charge on any atom is 0.238 e. The molecule has 34 heavy (non-hydrogen) atoms. The fraction of sp³-hybridized carbons (Fsp3) is 0.160. The molecule has 0 spiro atoms. The molecule has 0 fully saturated rings. The molecule has 1 aromatic heterocycles. The zero-order valence-corrected chi connectivity index (χ0v) is 19.3. The Morgan fingerprint density at radius 2 is 1.59 bits per heavy atom. The molecule has 0 saturated heterocycles. The van der Waals surface area contributed by atoms with Crippen molar-refractivity contribution in [3.05, 3.63) is 101 Å². The summed E-state index contributed by atoms with van der Waals surface area (Å²) in [4.78, 5) is 14.2. The Bertz CT molecular complexity index is 1320. The number of likely N-dealkylation sites (N-methyl/N-ethyl adjacent to an activating group) is 1. The summed E-state index contributed by atoms with van der Waals surface area (Å²) in [5.74, 6) is -0.336. The highest BCUT2D eigenvalue weighted by Crippen LogP contribution is 2.20. The van der Waals surface area contributed by atoms with Crippen LogP contribution in [0.25, 0.3) is 11.4 Å². The number of benzene rings is 3. The third-order valence-electron chi connectivity index (χ3n) is 5.13. The normalized spacial score (nSPS) is 11.1. The van der Waals surface area contributed by atoms with E-state index in [2.05, 4.69) is 10.4 Å². The molecule has 9 heteroatoms. The van der Waals surface area contributed by atoms with Crippen molar-refractivity contribution in [3.63, 3.8) is 0 Å². The van der Waals surface area contributed by atoms with Crippen molar-refractivity contribution in [2.45, 2.75) is 13.2 Å².